The third-order valence-corrected chi connectivity index (χ3v) is 3.79. The van der Waals surface area contributed by atoms with Gasteiger partial charge in [-0.1, -0.05) is 23.7 Å². The Balaban J connectivity index is 2.57. The van der Waals surface area contributed by atoms with E-state index < -0.39 is 35.9 Å². The molecule has 0 bridgehead atoms. The van der Waals surface area contributed by atoms with Crippen molar-refractivity contribution >= 4 is 23.6 Å². The molecule has 24 heavy (non-hydrogen) atoms. The molecule has 1 fully saturated rings. The maximum atomic E-state index is 13.4. The van der Waals surface area contributed by atoms with Crippen LogP contribution in [0.2, 0.25) is 5.02 Å². The lowest BCUT2D eigenvalue weighted by Gasteiger charge is -2.44. The number of ether oxygens (including phenoxy) is 1. The Hall–Kier alpha value is -2.00. The summed E-state index contributed by atoms with van der Waals surface area (Å²) in [6.07, 6.45) is -5.31. The summed E-state index contributed by atoms with van der Waals surface area (Å²) in [5.41, 5.74) is -3.66. The first-order chi connectivity index (χ1) is 11.1. The maximum absolute atomic E-state index is 13.4. The molecule has 2 rings (SSSR count). The SMILES string of the molecule is CCOC(=O)[C@H]1[C@H](c2cccc(Cl)c2)NC(=O)N[C@]1(O)C(F)(F)F. The smallest absolute Gasteiger partial charge is 0.437 e. The van der Waals surface area contributed by atoms with Crippen LogP contribution in [0.1, 0.15) is 18.5 Å². The number of esters is 1. The quantitative estimate of drug-likeness (QED) is 0.715. The summed E-state index contributed by atoms with van der Waals surface area (Å²) >= 11 is 5.82. The predicted octanol–water partition coefficient (Wildman–Crippen LogP) is 2.12. The van der Waals surface area contributed by atoms with Crippen LogP contribution in [-0.2, 0) is 9.53 Å². The second kappa shape index (κ2) is 6.48. The van der Waals surface area contributed by atoms with Crippen molar-refractivity contribution in [3.63, 3.8) is 0 Å². The Kier molecular flexibility index (Phi) is 4.95. The number of amides is 2. The van der Waals surface area contributed by atoms with Crippen LogP contribution >= 0.6 is 11.6 Å². The van der Waals surface area contributed by atoms with Crippen LogP contribution in [0.25, 0.3) is 0 Å². The largest absolute Gasteiger partial charge is 0.466 e. The topological polar surface area (TPSA) is 87.7 Å². The molecule has 1 aliphatic heterocycles. The number of nitrogens with one attached hydrogen (secondary N) is 2. The van der Waals surface area contributed by atoms with Crippen molar-refractivity contribution in [1.82, 2.24) is 10.6 Å². The number of hydrogen-bond acceptors (Lipinski definition) is 4. The molecule has 0 spiro atoms. The Labute approximate surface area is 139 Å². The zero-order valence-electron chi connectivity index (χ0n) is 12.4. The van der Waals surface area contributed by atoms with Crippen LogP contribution in [0.5, 0.6) is 0 Å². The van der Waals surface area contributed by atoms with Gasteiger partial charge in [0.05, 0.1) is 12.6 Å². The number of carbonyl (C=O) groups excluding carboxylic acids is 2. The summed E-state index contributed by atoms with van der Waals surface area (Å²) in [6, 6.07) is 2.83. The molecule has 1 aromatic rings. The Morgan fingerprint density at radius 1 is 1.46 bits per heavy atom. The molecule has 1 heterocycles. The van der Waals surface area contributed by atoms with Gasteiger partial charge >= 0.3 is 18.2 Å². The van der Waals surface area contributed by atoms with Crippen LogP contribution < -0.4 is 10.6 Å². The van der Waals surface area contributed by atoms with E-state index >= 15 is 0 Å². The molecule has 1 aliphatic rings. The second-order valence-electron chi connectivity index (χ2n) is 5.12. The van der Waals surface area contributed by atoms with Crippen LogP contribution in [-0.4, -0.2) is 35.6 Å². The zero-order valence-corrected chi connectivity index (χ0v) is 13.1. The van der Waals surface area contributed by atoms with E-state index in [-0.39, 0.29) is 17.2 Å². The third-order valence-electron chi connectivity index (χ3n) is 3.55. The highest BCUT2D eigenvalue weighted by Gasteiger charge is 2.67. The summed E-state index contributed by atoms with van der Waals surface area (Å²) in [6.45, 7) is 1.22. The van der Waals surface area contributed by atoms with Crippen molar-refractivity contribution in [3.05, 3.63) is 34.9 Å². The standard InChI is InChI=1S/C14H14ClF3N2O4/c1-2-24-11(21)9-10(7-4-3-5-8(15)6-7)19-12(22)20-13(9,23)14(16,17)18/h3-6,9-10,23H,2H2,1H3,(H2,19,20,22)/t9-,10+,13-/m1/s1. The van der Waals surface area contributed by atoms with Gasteiger partial charge in [-0.05, 0) is 24.6 Å². The number of hydrogen-bond donors (Lipinski definition) is 3. The molecule has 3 N–H and O–H groups in total. The second-order valence-corrected chi connectivity index (χ2v) is 5.56. The first-order valence-electron chi connectivity index (χ1n) is 6.90. The molecular formula is C14H14ClF3N2O4. The van der Waals surface area contributed by atoms with Crippen molar-refractivity contribution in [2.24, 2.45) is 5.92 Å². The van der Waals surface area contributed by atoms with E-state index in [0.717, 1.165) is 0 Å². The molecule has 1 saturated heterocycles. The maximum Gasteiger partial charge on any atom is 0.437 e. The molecule has 0 saturated carbocycles. The number of halogens is 4. The fourth-order valence-corrected chi connectivity index (χ4v) is 2.71. The molecule has 10 heteroatoms. The van der Waals surface area contributed by atoms with Gasteiger partial charge in [0.1, 0.15) is 5.92 Å². The summed E-state index contributed by atoms with van der Waals surface area (Å²) in [4.78, 5) is 23.8. The van der Waals surface area contributed by atoms with Crippen molar-refractivity contribution in [3.8, 4) is 0 Å². The van der Waals surface area contributed by atoms with Crippen LogP contribution in [0.15, 0.2) is 24.3 Å². The average molecular weight is 367 g/mol. The summed E-state index contributed by atoms with van der Waals surface area (Å²) in [7, 11) is 0. The van der Waals surface area contributed by atoms with E-state index in [4.69, 9.17) is 11.6 Å². The summed E-state index contributed by atoms with van der Waals surface area (Å²) in [5, 5.41) is 13.9. The molecule has 6 nitrogen and oxygen atoms in total. The Morgan fingerprint density at radius 3 is 2.67 bits per heavy atom. The number of benzene rings is 1. The monoisotopic (exact) mass is 366 g/mol. The molecule has 0 aromatic heterocycles. The highest BCUT2D eigenvalue weighted by molar-refractivity contribution is 6.30. The third kappa shape index (κ3) is 3.27. The number of urea groups is 1. The van der Waals surface area contributed by atoms with Crippen molar-refractivity contribution in [1.29, 1.82) is 0 Å². The predicted molar refractivity (Wildman–Crippen MR) is 77.0 cm³/mol. The molecule has 1 aromatic carbocycles. The first-order valence-corrected chi connectivity index (χ1v) is 7.28. The minimum Gasteiger partial charge on any atom is -0.466 e. The minimum atomic E-state index is -5.31. The van der Waals surface area contributed by atoms with Gasteiger partial charge in [-0.2, -0.15) is 13.2 Å². The van der Waals surface area contributed by atoms with Gasteiger partial charge in [0.2, 0.25) is 0 Å². The lowest BCUT2D eigenvalue weighted by molar-refractivity contribution is -0.294. The summed E-state index contributed by atoms with van der Waals surface area (Å²) in [5.74, 6) is -3.47. The average Bonchev–Trinajstić information content (AvgIpc) is 2.45. The van der Waals surface area contributed by atoms with Crippen LogP contribution in [0.3, 0.4) is 0 Å². The van der Waals surface area contributed by atoms with Gasteiger partial charge in [-0.15, -0.1) is 0 Å². The van der Waals surface area contributed by atoms with Gasteiger partial charge in [0, 0.05) is 5.02 Å². The van der Waals surface area contributed by atoms with Gasteiger partial charge in [0.25, 0.3) is 5.72 Å². The first kappa shape index (κ1) is 18.3. The van der Waals surface area contributed by atoms with Gasteiger partial charge < -0.3 is 20.5 Å². The van der Waals surface area contributed by atoms with Gasteiger partial charge in [0.15, 0.2) is 0 Å². The molecule has 0 aliphatic carbocycles. The van der Waals surface area contributed by atoms with Crippen LogP contribution in [0, 0.1) is 5.92 Å². The van der Waals surface area contributed by atoms with E-state index in [0.29, 0.717) is 0 Å². The Morgan fingerprint density at radius 2 is 2.12 bits per heavy atom. The highest BCUT2D eigenvalue weighted by atomic mass is 35.5. The number of aliphatic hydroxyl groups is 1. The molecule has 3 atom stereocenters. The zero-order chi connectivity index (χ0) is 18.1. The van der Waals surface area contributed by atoms with Crippen LogP contribution in [0.4, 0.5) is 18.0 Å². The normalized spacial score (nSPS) is 27.2. The van der Waals surface area contributed by atoms with Crippen molar-refractivity contribution < 1.29 is 32.6 Å². The number of alkyl halides is 3. The van der Waals surface area contributed by atoms with E-state index in [9.17, 15) is 27.9 Å². The van der Waals surface area contributed by atoms with E-state index in [1.54, 1.807) is 0 Å². The fourth-order valence-electron chi connectivity index (χ4n) is 2.51. The van der Waals surface area contributed by atoms with E-state index in [2.05, 4.69) is 10.1 Å². The fraction of sp³-hybridized carbons (Fsp3) is 0.429. The molecule has 2 amide bonds. The summed E-state index contributed by atoms with van der Waals surface area (Å²) < 4.78 is 44.8. The lowest BCUT2D eigenvalue weighted by atomic mass is 9.82. The highest BCUT2D eigenvalue weighted by Crippen LogP contribution is 2.43. The van der Waals surface area contributed by atoms with Gasteiger partial charge in [-0.25, -0.2) is 4.79 Å². The van der Waals surface area contributed by atoms with Gasteiger partial charge in [-0.3, -0.25) is 4.79 Å². The van der Waals surface area contributed by atoms with Crippen molar-refractivity contribution in [2.75, 3.05) is 6.61 Å². The van der Waals surface area contributed by atoms with E-state index in [1.165, 1.54) is 36.5 Å². The lowest BCUT2D eigenvalue weighted by Crippen LogP contribution is -2.73. The number of carbonyl (C=O) groups is 2. The number of rotatable bonds is 3. The van der Waals surface area contributed by atoms with E-state index in [1.807, 2.05) is 0 Å². The molecular weight excluding hydrogens is 353 g/mol. The van der Waals surface area contributed by atoms with Crippen molar-refractivity contribution in [2.45, 2.75) is 24.9 Å². The molecule has 132 valence electrons. The molecule has 0 radical (unpaired) electrons. The minimum absolute atomic E-state index is 0.123. The Bertz CT molecular complexity index is 655. The molecule has 0 unspecified atom stereocenters.